The van der Waals surface area contributed by atoms with Gasteiger partial charge in [0.2, 0.25) is 6.29 Å². The van der Waals surface area contributed by atoms with Gasteiger partial charge in [-0.15, -0.1) is 10.5 Å². The van der Waals surface area contributed by atoms with E-state index < -0.39 is 0 Å². The number of fused-ring (bicyclic) bond motifs is 3. The van der Waals surface area contributed by atoms with Gasteiger partial charge in [0.05, 0.1) is 4.75 Å². The van der Waals surface area contributed by atoms with Crippen molar-refractivity contribution in [1.82, 2.24) is 0 Å². The molecule has 0 spiro atoms. The predicted molar refractivity (Wildman–Crippen MR) is 179 cm³/mol. The molecule has 3 nitrogen and oxygen atoms in total. The van der Waals surface area contributed by atoms with E-state index in [1.54, 1.807) is 7.11 Å². The Morgan fingerprint density at radius 3 is 2.07 bits per heavy atom. The summed E-state index contributed by atoms with van der Waals surface area (Å²) in [5, 5.41) is 3.53. The van der Waals surface area contributed by atoms with Crippen LogP contribution in [-0.4, -0.2) is 27.9 Å². The Morgan fingerprint density at radius 1 is 0.857 bits per heavy atom. The van der Waals surface area contributed by atoms with Gasteiger partial charge in [0.25, 0.3) is 0 Å². The number of benzene rings is 3. The highest BCUT2D eigenvalue weighted by atomic mass is 32.2. The van der Waals surface area contributed by atoms with Gasteiger partial charge in [-0.2, -0.15) is 0 Å². The Hall–Kier alpha value is -2.56. The SMILES string of the molecule is COC(Oc1ccc2cc(OC3=S(C(C)(C)C(C)c4ccccc4)C3(C)C(C)(C)C)ccc2c1)C1(C)CC2C=CC1C2. The number of hydrogen-bond donors (Lipinski definition) is 0. The van der Waals surface area contributed by atoms with Crippen molar-refractivity contribution in [3.05, 3.63) is 84.4 Å². The van der Waals surface area contributed by atoms with Crippen LogP contribution in [0.5, 0.6) is 11.5 Å². The normalized spacial score (nSPS) is 30.0. The summed E-state index contributed by atoms with van der Waals surface area (Å²) in [6.45, 7) is 19.0. The average molecular weight is 585 g/mol. The lowest BCUT2D eigenvalue weighted by atomic mass is 9.77. The maximum absolute atomic E-state index is 6.85. The minimum atomic E-state index is -0.265. The molecule has 0 aromatic heterocycles. The van der Waals surface area contributed by atoms with Crippen LogP contribution in [0.15, 0.2) is 78.9 Å². The van der Waals surface area contributed by atoms with Gasteiger partial charge >= 0.3 is 0 Å². The molecule has 224 valence electrons. The van der Waals surface area contributed by atoms with Gasteiger partial charge in [-0.05, 0) is 83.5 Å². The van der Waals surface area contributed by atoms with Crippen LogP contribution < -0.4 is 9.47 Å². The molecule has 42 heavy (non-hydrogen) atoms. The molecular weight excluding hydrogens is 536 g/mol. The monoisotopic (exact) mass is 584 g/mol. The summed E-state index contributed by atoms with van der Waals surface area (Å²) >= 11 is 0. The van der Waals surface area contributed by atoms with Crippen molar-refractivity contribution < 1.29 is 14.2 Å². The zero-order valence-electron chi connectivity index (χ0n) is 26.9. The summed E-state index contributed by atoms with van der Waals surface area (Å²) in [6, 6.07) is 23.7. The number of allylic oxidation sites excluding steroid dienone is 2. The van der Waals surface area contributed by atoms with Crippen LogP contribution in [0.4, 0.5) is 0 Å². The molecule has 1 heterocycles. The Bertz CT molecular complexity index is 1550. The smallest absolute Gasteiger partial charge is 0.205 e. The van der Waals surface area contributed by atoms with Crippen LogP contribution in [-0.2, 0) is 4.74 Å². The number of ether oxygens (including phenoxy) is 3. The molecule has 3 aliphatic rings. The molecule has 3 aromatic carbocycles. The molecule has 0 N–H and O–H groups in total. The number of rotatable bonds is 8. The zero-order valence-corrected chi connectivity index (χ0v) is 27.7. The van der Waals surface area contributed by atoms with Crippen LogP contribution in [0, 0.1) is 22.7 Å². The van der Waals surface area contributed by atoms with Crippen molar-refractivity contribution >= 4 is 26.3 Å². The van der Waals surface area contributed by atoms with Crippen LogP contribution >= 0.6 is 10.5 Å². The van der Waals surface area contributed by atoms with Crippen molar-refractivity contribution in [1.29, 1.82) is 0 Å². The van der Waals surface area contributed by atoms with E-state index in [2.05, 4.69) is 134 Å². The molecule has 0 saturated heterocycles. The molecule has 1 saturated carbocycles. The van der Waals surface area contributed by atoms with Gasteiger partial charge in [0.15, 0.2) is 0 Å². The summed E-state index contributed by atoms with van der Waals surface area (Å²) in [5.41, 5.74) is 1.49. The van der Waals surface area contributed by atoms with Crippen molar-refractivity contribution in [3.8, 4) is 11.5 Å². The Labute approximate surface area is 255 Å². The van der Waals surface area contributed by atoms with E-state index >= 15 is 0 Å². The molecule has 7 atom stereocenters. The summed E-state index contributed by atoms with van der Waals surface area (Å²) in [7, 11) is 1.76. The fraction of sp³-hybridized carbons (Fsp3) is 0.500. The molecule has 4 heteroatoms. The lowest BCUT2D eigenvalue weighted by Gasteiger charge is -2.38. The van der Waals surface area contributed by atoms with E-state index in [-0.39, 0.29) is 37.1 Å². The Balaban J connectivity index is 1.25. The van der Waals surface area contributed by atoms with E-state index in [1.165, 1.54) is 17.0 Å². The second-order valence-corrected chi connectivity index (χ2v) is 17.6. The standard InChI is InChI=1S/C38H48O3S/c1-25(27-13-11-10-12-14-27)36(5,6)42-34(38(42,8)35(2,3)4)41-32-20-17-28-22-31(19-16-29(28)23-32)40-33(39-9)37(7)24-26-15-18-30(37)21-26/h10-20,22-23,25-26,30,33H,21,24H2,1-9H3. The Morgan fingerprint density at radius 2 is 1.50 bits per heavy atom. The van der Waals surface area contributed by atoms with E-state index in [1.807, 2.05) is 0 Å². The minimum absolute atomic E-state index is 0.00508. The summed E-state index contributed by atoms with van der Waals surface area (Å²) in [5.74, 6) is 3.36. The molecule has 1 fully saturated rings. The van der Waals surface area contributed by atoms with E-state index in [9.17, 15) is 0 Å². The fourth-order valence-electron chi connectivity index (χ4n) is 7.54. The van der Waals surface area contributed by atoms with Gasteiger partial charge in [-0.1, -0.05) is 103 Å². The first-order valence-electron chi connectivity index (χ1n) is 15.6. The molecule has 0 amide bonds. The first-order chi connectivity index (χ1) is 19.8. The quantitative estimate of drug-likeness (QED) is 0.150. The van der Waals surface area contributed by atoms with Gasteiger partial charge in [0, 0.05) is 17.3 Å². The maximum Gasteiger partial charge on any atom is 0.205 e. The van der Waals surface area contributed by atoms with Gasteiger partial charge in [0.1, 0.15) is 16.5 Å². The second kappa shape index (κ2) is 10.3. The first kappa shape index (κ1) is 29.5. The van der Waals surface area contributed by atoms with Gasteiger partial charge in [-0.3, -0.25) is 0 Å². The summed E-state index contributed by atoms with van der Waals surface area (Å²) in [4.78, 5) is 0. The van der Waals surface area contributed by atoms with Gasteiger partial charge in [-0.25, -0.2) is 0 Å². The average Bonchev–Trinajstić information content (AvgIpc) is 3.22. The molecule has 1 aliphatic heterocycles. The van der Waals surface area contributed by atoms with E-state index in [0.717, 1.165) is 28.7 Å². The molecular formula is C38H48O3S. The summed E-state index contributed by atoms with van der Waals surface area (Å²) in [6.07, 6.45) is 6.81. The molecule has 2 bridgehead atoms. The second-order valence-electron chi connectivity index (χ2n) is 14.8. The van der Waals surface area contributed by atoms with Crippen LogP contribution in [0.1, 0.15) is 79.7 Å². The summed E-state index contributed by atoms with van der Waals surface area (Å²) < 4.78 is 19.3. The molecule has 3 aromatic rings. The van der Waals surface area contributed by atoms with E-state index in [0.29, 0.717) is 17.8 Å². The Kier molecular flexibility index (Phi) is 7.21. The molecule has 7 unspecified atom stereocenters. The highest BCUT2D eigenvalue weighted by Gasteiger charge is 2.63. The highest BCUT2D eigenvalue weighted by molar-refractivity contribution is 8.26. The molecule has 0 radical (unpaired) electrons. The zero-order chi connectivity index (χ0) is 30.1. The third-order valence-electron chi connectivity index (χ3n) is 11.0. The van der Waals surface area contributed by atoms with Crippen LogP contribution in [0.3, 0.4) is 0 Å². The third-order valence-corrected chi connectivity index (χ3v) is 14.6. The van der Waals surface area contributed by atoms with E-state index in [4.69, 9.17) is 14.2 Å². The van der Waals surface area contributed by atoms with Crippen molar-refractivity contribution in [2.75, 3.05) is 7.11 Å². The lowest BCUT2D eigenvalue weighted by Crippen LogP contribution is -2.41. The van der Waals surface area contributed by atoms with Crippen molar-refractivity contribution in [2.24, 2.45) is 22.7 Å². The third kappa shape index (κ3) is 4.74. The minimum Gasteiger partial charge on any atom is -0.464 e. The van der Waals surface area contributed by atoms with Crippen LogP contribution in [0.2, 0.25) is 0 Å². The van der Waals surface area contributed by atoms with Crippen LogP contribution in [0.25, 0.3) is 10.8 Å². The molecule has 2 aliphatic carbocycles. The number of methoxy groups -OCH3 is 1. The largest absolute Gasteiger partial charge is 0.464 e. The fourth-order valence-corrected chi connectivity index (χ4v) is 11.4. The van der Waals surface area contributed by atoms with Crippen molar-refractivity contribution in [3.63, 3.8) is 0 Å². The number of hydrogen-bond acceptors (Lipinski definition) is 3. The maximum atomic E-state index is 6.85. The highest BCUT2D eigenvalue weighted by Crippen LogP contribution is 2.69. The van der Waals surface area contributed by atoms with Crippen molar-refractivity contribution in [2.45, 2.75) is 89.9 Å². The predicted octanol–water partition coefficient (Wildman–Crippen LogP) is 9.97. The van der Waals surface area contributed by atoms with Gasteiger partial charge < -0.3 is 14.2 Å². The lowest BCUT2D eigenvalue weighted by molar-refractivity contribution is -0.143. The molecule has 6 rings (SSSR count). The topological polar surface area (TPSA) is 27.7 Å². The first-order valence-corrected chi connectivity index (χ1v) is 16.8.